The van der Waals surface area contributed by atoms with Gasteiger partial charge in [-0.1, -0.05) is 30.3 Å². The second-order valence-electron chi connectivity index (χ2n) is 6.99. The highest BCUT2D eigenvalue weighted by atomic mass is 16.5. The first kappa shape index (κ1) is 18.6. The zero-order valence-electron chi connectivity index (χ0n) is 15.6. The predicted octanol–water partition coefficient (Wildman–Crippen LogP) is 3.26. The number of aryl methyl sites for hydroxylation is 1. The van der Waals surface area contributed by atoms with Gasteiger partial charge in [0, 0.05) is 51.5 Å². The molecule has 5 nitrogen and oxygen atoms in total. The molecule has 0 unspecified atom stereocenters. The molecule has 3 rings (SSSR count). The Bertz CT molecular complexity index is 684. The van der Waals surface area contributed by atoms with E-state index in [1.165, 1.54) is 5.56 Å². The normalized spacial score (nSPS) is 17.4. The van der Waals surface area contributed by atoms with E-state index in [0.717, 1.165) is 51.1 Å². The van der Waals surface area contributed by atoms with E-state index >= 15 is 0 Å². The first-order valence-corrected chi connectivity index (χ1v) is 9.59. The van der Waals surface area contributed by atoms with Gasteiger partial charge >= 0.3 is 0 Å². The lowest BCUT2D eigenvalue weighted by Crippen LogP contribution is -2.39. The van der Waals surface area contributed by atoms with Crippen molar-refractivity contribution < 1.29 is 9.53 Å². The fourth-order valence-corrected chi connectivity index (χ4v) is 3.72. The van der Waals surface area contributed by atoms with Crippen LogP contribution in [0.1, 0.15) is 43.0 Å². The van der Waals surface area contributed by atoms with Crippen LogP contribution in [0, 0.1) is 0 Å². The molecule has 0 aliphatic carbocycles. The minimum Gasteiger partial charge on any atom is -0.383 e. The number of benzene rings is 1. The van der Waals surface area contributed by atoms with Crippen molar-refractivity contribution in [1.29, 1.82) is 0 Å². The van der Waals surface area contributed by atoms with Crippen molar-refractivity contribution in [3.8, 4) is 0 Å². The fourth-order valence-electron chi connectivity index (χ4n) is 3.72. The molecule has 1 saturated heterocycles. The van der Waals surface area contributed by atoms with Crippen LogP contribution in [0.2, 0.25) is 0 Å². The second-order valence-corrected chi connectivity index (χ2v) is 6.99. The van der Waals surface area contributed by atoms with Gasteiger partial charge in [-0.2, -0.15) is 0 Å². The summed E-state index contributed by atoms with van der Waals surface area (Å²) in [5.74, 6) is 1.69. The number of hydrogen-bond acceptors (Lipinski definition) is 3. The van der Waals surface area contributed by atoms with E-state index in [4.69, 9.17) is 4.74 Å². The highest BCUT2D eigenvalue weighted by Crippen LogP contribution is 2.26. The Morgan fingerprint density at radius 3 is 2.96 bits per heavy atom. The van der Waals surface area contributed by atoms with Crippen molar-refractivity contribution in [2.24, 2.45) is 0 Å². The van der Waals surface area contributed by atoms with Gasteiger partial charge in [0.2, 0.25) is 5.91 Å². The minimum atomic E-state index is 0.278. The third-order valence-corrected chi connectivity index (χ3v) is 5.12. The van der Waals surface area contributed by atoms with Crippen LogP contribution in [0.15, 0.2) is 42.7 Å². The summed E-state index contributed by atoms with van der Waals surface area (Å²) in [5, 5.41) is 0. The molecule has 0 N–H and O–H groups in total. The van der Waals surface area contributed by atoms with Gasteiger partial charge < -0.3 is 14.2 Å². The lowest BCUT2D eigenvalue weighted by atomic mass is 9.96. The van der Waals surface area contributed by atoms with Gasteiger partial charge in [-0.15, -0.1) is 0 Å². The summed E-state index contributed by atoms with van der Waals surface area (Å²) in [7, 11) is 1.72. The van der Waals surface area contributed by atoms with E-state index in [1.54, 1.807) is 7.11 Å². The quantitative estimate of drug-likeness (QED) is 0.730. The molecule has 1 aromatic heterocycles. The molecule has 1 aromatic carbocycles. The molecule has 1 aliphatic rings. The average Bonchev–Trinajstić information content (AvgIpc) is 3.16. The number of hydrogen-bond donors (Lipinski definition) is 0. The molecule has 2 aromatic rings. The van der Waals surface area contributed by atoms with Crippen LogP contribution in [0.5, 0.6) is 0 Å². The van der Waals surface area contributed by atoms with Crippen LogP contribution in [-0.4, -0.2) is 47.2 Å². The fraction of sp³-hybridized carbons (Fsp3) is 0.524. The van der Waals surface area contributed by atoms with Gasteiger partial charge in [0.15, 0.2) is 0 Å². The van der Waals surface area contributed by atoms with Crippen molar-refractivity contribution in [2.75, 3.05) is 26.8 Å². The number of aromatic nitrogens is 2. The summed E-state index contributed by atoms with van der Waals surface area (Å²) >= 11 is 0. The largest absolute Gasteiger partial charge is 0.383 e. The van der Waals surface area contributed by atoms with Crippen LogP contribution in [-0.2, 0) is 22.5 Å². The molecular formula is C21H29N3O2. The molecule has 1 fully saturated rings. The average molecular weight is 355 g/mol. The summed E-state index contributed by atoms with van der Waals surface area (Å²) in [5.41, 5.74) is 1.30. The Morgan fingerprint density at radius 2 is 2.15 bits per heavy atom. The van der Waals surface area contributed by atoms with E-state index in [2.05, 4.69) is 33.8 Å². The topological polar surface area (TPSA) is 47.4 Å². The van der Waals surface area contributed by atoms with Crippen molar-refractivity contribution >= 4 is 5.91 Å². The van der Waals surface area contributed by atoms with Gasteiger partial charge in [0.1, 0.15) is 5.82 Å². The Kier molecular flexibility index (Phi) is 6.83. The zero-order valence-corrected chi connectivity index (χ0v) is 15.6. The van der Waals surface area contributed by atoms with E-state index in [0.29, 0.717) is 18.9 Å². The number of imidazole rings is 1. The van der Waals surface area contributed by atoms with Crippen LogP contribution >= 0.6 is 0 Å². The number of likely N-dealkylation sites (tertiary alicyclic amines) is 1. The molecule has 5 heteroatoms. The number of rotatable bonds is 8. The number of piperidine rings is 1. The summed E-state index contributed by atoms with van der Waals surface area (Å²) in [4.78, 5) is 19.2. The van der Waals surface area contributed by atoms with Gasteiger partial charge in [-0.05, 0) is 31.2 Å². The number of carbonyl (C=O) groups excluding carboxylic acids is 1. The molecule has 0 radical (unpaired) electrons. The Balaban J connectivity index is 1.51. The van der Waals surface area contributed by atoms with Crippen molar-refractivity contribution in [2.45, 2.75) is 44.6 Å². The summed E-state index contributed by atoms with van der Waals surface area (Å²) in [6, 6.07) is 10.4. The van der Waals surface area contributed by atoms with E-state index in [9.17, 15) is 4.79 Å². The molecule has 140 valence electrons. The summed E-state index contributed by atoms with van der Waals surface area (Å²) < 4.78 is 7.35. The summed E-state index contributed by atoms with van der Waals surface area (Å²) in [6.07, 6.45) is 8.50. The van der Waals surface area contributed by atoms with Crippen LogP contribution < -0.4 is 0 Å². The molecule has 0 spiro atoms. The monoisotopic (exact) mass is 355 g/mol. The van der Waals surface area contributed by atoms with Gasteiger partial charge in [-0.3, -0.25) is 4.79 Å². The number of methoxy groups -OCH3 is 1. The summed E-state index contributed by atoms with van der Waals surface area (Å²) in [6.45, 7) is 3.15. The molecule has 1 aliphatic heterocycles. The first-order chi connectivity index (χ1) is 12.8. The van der Waals surface area contributed by atoms with E-state index in [-0.39, 0.29) is 5.91 Å². The molecular weight excluding hydrogens is 326 g/mol. The first-order valence-electron chi connectivity index (χ1n) is 9.59. The Morgan fingerprint density at radius 1 is 1.31 bits per heavy atom. The molecule has 0 bridgehead atoms. The van der Waals surface area contributed by atoms with Crippen molar-refractivity contribution in [3.63, 3.8) is 0 Å². The third-order valence-electron chi connectivity index (χ3n) is 5.12. The van der Waals surface area contributed by atoms with Crippen LogP contribution in [0.3, 0.4) is 0 Å². The molecule has 2 heterocycles. The SMILES string of the molecule is COCCn1ccnc1[C@@H]1CCCN(C(=O)CCCc2ccccc2)C1. The zero-order chi connectivity index (χ0) is 18.2. The standard InChI is InChI=1S/C21H29N3O2/c1-26-16-15-23-14-12-22-21(23)19-10-6-13-24(17-19)20(25)11-5-9-18-7-3-2-4-8-18/h2-4,7-8,12,14,19H,5-6,9-11,13,15-17H2,1H3/t19-/m1/s1. The smallest absolute Gasteiger partial charge is 0.222 e. The number of ether oxygens (including phenoxy) is 1. The van der Waals surface area contributed by atoms with E-state index < -0.39 is 0 Å². The maximum Gasteiger partial charge on any atom is 0.222 e. The Labute approximate surface area is 156 Å². The van der Waals surface area contributed by atoms with Gasteiger partial charge in [-0.25, -0.2) is 4.98 Å². The highest BCUT2D eigenvalue weighted by Gasteiger charge is 2.27. The maximum absolute atomic E-state index is 12.6. The van der Waals surface area contributed by atoms with Crippen molar-refractivity contribution in [1.82, 2.24) is 14.5 Å². The maximum atomic E-state index is 12.6. The minimum absolute atomic E-state index is 0.278. The Hall–Kier alpha value is -2.14. The van der Waals surface area contributed by atoms with Crippen LogP contribution in [0.25, 0.3) is 0 Å². The molecule has 1 amide bonds. The number of amides is 1. The molecule has 0 saturated carbocycles. The van der Waals surface area contributed by atoms with Gasteiger partial charge in [0.05, 0.1) is 6.61 Å². The second kappa shape index (κ2) is 9.53. The van der Waals surface area contributed by atoms with E-state index in [1.807, 2.05) is 23.4 Å². The molecule has 1 atom stereocenters. The lowest BCUT2D eigenvalue weighted by molar-refractivity contribution is -0.132. The number of carbonyl (C=O) groups is 1. The van der Waals surface area contributed by atoms with Crippen LogP contribution in [0.4, 0.5) is 0 Å². The van der Waals surface area contributed by atoms with Crippen molar-refractivity contribution in [3.05, 3.63) is 54.1 Å². The predicted molar refractivity (Wildman–Crippen MR) is 102 cm³/mol. The molecule has 26 heavy (non-hydrogen) atoms. The number of nitrogens with zero attached hydrogens (tertiary/aromatic N) is 3. The third kappa shape index (κ3) is 4.94. The highest BCUT2D eigenvalue weighted by molar-refractivity contribution is 5.76. The lowest BCUT2D eigenvalue weighted by Gasteiger charge is -2.33. The van der Waals surface area contributed by atoms with Gasteiger partial charge in [0.25, 0.3) is 0 Å².